The zero-order valence-corrected chi connectivity index (χ0v) is 22.3. The number of fused-ring (bicyclic) bond motifs is 1. The van der Waals surface area contributed by atoms with Gasteiger partial charge in [-0.05, 0) is 44.5 Å². The summed E-state index contributed by atoms with van der Waals surface area (Å²) in [6.07, 6.45) is -3.04. The summed E-state index contributed by atoms with van der Waals surface area (Å²) in [6.45, 7) is 6.29. The molecule has 2 N–H and O–H groups in total. The van der Waals surface area contributed by atoms with Crippen LogP contribution in [0.15, 0.2) is 42.9 Å². The molecule has 0 saturated carbocycles. The molecule has 2 aromatic heterocycles. The van der Waals surface area contributed by atoms with Crippen LogP contribution in [0.4, 0.5) is 32.3 Å². The summed E-state index contributed by atoms with van der Waals surface area (Å²) in [5.74, 6) is -4.71. The Morgan fingerprint density at radius 2 is 1.52 bits per heavy atom. The van der Waals surface area contributed by atoms with Gasteiger partial charge in [0.1, 0.15) is 0 Å². The first-order valence-electron chi connectivity index (χ1n) is 12.5. The highest BCUT2D eigenvalue weighted by Crippen LogP contribution is 2.44. The maximum absolute atomic E-state index is 13.1. The molecule has 4 heterocycles. The van der Waals surface area contributed by atoms with E-state index in [1.807, 2.05) is 31.3 Å². The molecule has 0 bridgehead atoms. The van der Waals surface area contributed by atoms with Crippen LogP contribution in [0, 0.1) is 11.3 Å². The number of rotatable bonds is 5. The Morgan fingerprint density at radius 3 is 2.02 bits per heavy atom. The van der Waals surface area contributed by atoms with Crippen LogP contribution < -0.4 is 4.90 Å². The van der Waals surface area contributed by atoms with Gasteiger partial charge in [-0.3, -0.25) is 14.7 Å². The van der Waals surface area contributed by atoms with Crippen molar-refractivity contribution in [3.8, 4) is 0 Å². The van der Waals surface area contributed by atoms with Gasteiger partial charge in [-0.2, -0.15) is 26.3 Å². The van der Waals surface area contributed by atoms with Gasteiger partial charge in [0.2, 0.25) is 5.95 Å². The lowest BCUT2D eigenvalue weighted by atomic mass is 9.75. The van der Waals surface area contributed by atoms with Crippen molar-refractivity contribution in [2.45, 2.75) is 38.7 Å². The van der Waals surface area contributed by atoms with Crippen LogP contribution in [0.25, 0.3) is 0 Å². The molecule has 0 amide bonds. The Bertz CT molecular complexity index is 1150. The number of hydrogen-bond donors (Lipinski definition) is 2. The number of carbonyl (C=O) groups is 3. The summed E-state index contributed by atoms with van der Waals surface area (Å²) < 4.78 is 69.0. The molecule has 2 aliphatic heterocycles. The molecule has 0 unspecified atom stereocenters. The normalized spacial score (nSPS) is 20.5. The number of carboxylic acid groups (broad SMARTS) is 2. The minimum absolute atomic E-state index is 0.0712. The lowest BCUT2D eigenvalue weighted by molar-refractivity contribution is -0.193. The van der Waals surface area contributed by atoms with E-state index in [0.717, 1.165) is 44.7 Å². The Morgan fingerprint density at radius 1 is 0.952 bits per heavy atom. The van der Waals surface area contributed by atoms with Crippen LogP contribution in [0.1, 0.15) is 25.5 Å². The van der Waals surface area contributed by atoms with Crippen molar-refractivity contribution >= 4 is 23.9 Å². The second-order valence-electron chi connectivity index (χ2n) is 9.27. The van der Waals surface area contributed by atoms with Crippen molar-refractivity contribution in [2.24, 2.45) is 11.3 Å². The summed E-state index contributed by atoms with van der Waals surface area (Å²) in [7, 11) is 0. The van der Waals surface area contributed by atoms with Crippen molar-refractivity contribution in [3.05, 3.63) is 48.5 Å². The van der Waals surface area contributed by atoms with Crippen molar-refractivity contribution < 1.29 is 55.7 Å². The lowest BCUT2D eigenvalue weighted by Crippen LogP contribution is -2.42. The average molecular weight is 610 g/mol. The Labute approximate surface area is 236 Å². The van der Waals surface area contributed by atoms with E-state index in [2.05, 4.69) is 30.8 Å². The number of ether oxygens (including phenoxy) is 1. The fourth-order valence-corrected chi connectivity index (χ4v) is 4.59. The number of aromatic nitrogens is 3. The highest BCUT2D eigenvalue weighted by atomic mass is 19.4. The maximum Gasteiger partial charge on any atom is 0.490 e. The zero-order chi connectivity index (χ0) is 31.6. The van der Waals surface area contributed by atoms with Crippen molar-refractivity contribution in [1.29, 1.82) is 0 Å². The van der Waals surface area contributed by atoms with Crippen molar-refractivity contribution in [2.75, 3.05) is 37.7 Å². The van der Waals surface area contributed by atoms with E-state index in [4.69, 9.17) is 24.5 Å². The summed E-state index contributed by atoms with van der Waals surface area (Å²) in [4.78, 5) is 48.7. The Kier molecular flexibility index (Phi) is 12.0. The molecule has 11 nitrogen and oxygen atoms in total. The van der Waals surface area contributed by atoms with E-state index in [-0.39, 0.29) is 11.9 Å². The quantitative estimate of drug-likeness (QED) is 0.380. The monoisotopic (exact) mass is 609 g/mol. The second-order valence-corrected chi connectivity index (χ2v) is 9.27. The number of alkyl halides is 6. The molecule has 2 fully saturated rings. The van der Waals surface area contributed by atoms with Crippen molar-refractivity contribution in [3.63, 3.8) is 0 Å². The van der Waals surface area contributed by atoms with E-state index in [9.17, 15) is 31.1 Å². The first-order chi connectivity index (χ1) is 19.6. The van der Waals surface area contributed by atoms with Gasteiger partial charge >= 0.3 is 30.3 Å². The third-order valence-corrected chi connectivity index (χ3v) is 6.38. The molecule has 2 aliphatic rings. The zero-order valence-electron chi connectivity index (χ0n) is 22.3. The number of hydrogen-bond acceptors (Lipinski definition) is 9. The molecule has 42 heavy (non-hydrogen) atoms. The number of carbonyl (C=O) groups excluding carboxylic acids is 1. The molecular formula is C25H29F6N5O6. The van der Waals surface area contributed by atoms with Gasteiger partial charge < -0.3 is 19.8 Å². The molecule has 0 radical (unpaired) electrons. The van der Waals surface area contributed by atoms with Crippen LogP contribution in [0.2, 0.25) is 0 Å². The van der Waals surface area contributed by atoms with Crippen LogP contribution >= 0.6 is 0 Å². The summed E-state index contributed by atoms with van der Waals surface area (Å²) in [6, 6.07) is 7.83. The van der Waals surface area contributed by atoms with Gasteiger partial charge in [-0.25, -0.2) is 19.6 Å². The number of aliphatic carboxylic acids is 2. The summed E-state index contributed by atoms with van der Waals surface area (Å²) >= 11 is 0. The second kappa shape index (κ2) is 14.7. The largest absolute Gasteiger partial charge is 0.490 e. The first-order valence-corrected chi connectivity index (χ1v) is 12.5. The molecule has 2 saturated heterocycles. The van der Waals surface area contributed by atoms with Gasteiger partial charge in [-0.15, -0.1) is 0 Å². The van der Waals surface area contributed by atoms with Crippen molar-refractivity contribution in [1.82, 2.24) is 19.9 Å². The minimum Gasteiger partial charge on any atom is -0.475 e. The molecule has 0 aromatic carbocycles. The van der Waals surface area contributed by atoms with E-state index >= 15 is 0 Å². The first kappa shape index (κ1) is 34.2. The highest BCUT2D eigenvalue weighted by molar-refractivity contribution is 5.79. The number of halogens is 6. The molecule has 4 rings (SSSR count). The SMILES string of the molecule is CCOC(=O)[C@]12CCCN(Cc3ccccn3)C[C@H]1CN(c1ncccn1)C2.O=C(O)C(F)(F)F.O=C(O)C(F)(F)F. The number of pyridine rings is 1. The van der Waals surface area contributed by atoms with Gasteiger partial charge in [0, 0.05) is 50.7 Å². The predicted molar refractivity (Wildman–Crippen MR) is 133 cm³/mol. The topological polar surface area (TPSA) is 146 Å². The number of carboxylic acids is 2. The van der Waals surface area contributed by atoms with Gasteiger partial charge in [0.25, 0.3) is 0 Å². The Balaban J connectivity index is 0.000000367. The molecule has 232 valence electrons. The maximum atomic E-state index is 13.1. The van der Waals surface area contributed by atoms with Gasteiger partial charge in [-0.1, -0.05) is 6.07 Å². The number of likely N-dealkylation sites (tertiary alicyclic amines) is 1. The minimum atomic E-state index is -5.08. The van der Waals surface area contributed by atoms with Gasteiger partial charge in [0.05, 0.1) is 17.7 Å². The summed E-state index contributed by atoms with van der Waals surface area (Å²) in [5.41, 5.74) is 0.570. The molecule has 2 atom stereocenters. The highest BCUT2D eigenvalue weighted by Gasteiger charge is 2.54. The van der Waals surface area contributed by atoms with Crippen LogP contribution in [-0.2, 0) is 25.7 Å². The third-order valence-electron chi connectivity index (χ3n) is 6.38. The molecular weight excluding hydrogens is 580 g/mol. The van der Waals surface area contributed by atoms with E-state index < -0.39 is 29.7 Å². The Hall–Kier alpha value is -4.02. The average Bonchev–Trinajstić information content (AvgIpc) is 3.19. The van der Waals surface area contributed by atoms with Crippen LogP contribution in [0.5, 0.6) is 0 Å². The smallest absolute Gasteiger partial charge is 0.475 e. The molecule has 0 spiro atoms. The number of anilines is 1. The molecule has 17 heteroatoms. The van der Waals surface area contributed by atoms with E-state index in [1.165, 1.54) is 0 Å². The number of nitrogens with zero attached hydrogens (tertiary/aromatic N) is 5. The van der Waals surface area contributed by atoms with E-state index in [1.54, 1.807) is 12.4 Å². The van der Waals surface area contributed by atoms with Gasteiger partial charge in [0.15, 0.2) is 0 Å². The van der Waals surface area contributed by atoms with Crippen LogP contribution in [-0.4, -0.2) is 93.1 Å². The predicted octanol–water partition coefficient (Wildman–Crippen LogP) is 3.42. The molecule has 2 aromatic rings. The standard InChI is InChI=1S/C21H27N5O2.2C2HF3O2/c1-2-28-19(27)21-8-5-12-25(15-18-7-3-4-9-22-18)13-17(21)14-26(16-21)20-23-10-6-11-24-20;2*3-2(4,5)1(6)7/h3-4,6-7,9-11,17H,2,5,8,12-16H2,1H3;2*(H,6,7)/t17-,21-;;/m0../s1. The number of esters is 1. The lowest BCUT2D eigenvalue weighted by Gasteiger charge is -2.31. The fraction of sp³-hybridized carbons (Fsp3) is 0.520. The fourth-order valence-electron chi connectivity index (χ4n) is 4.59. The third kappa shape index (κ3) is 9.81. The van der Waals surface area contributed by atoms with E-state index in [0.29, 0.717) is 19.1 Å². The summed E-state index contributed by atoms with van der Waals surface area (Å²) in [5, 5.41) is 14.2. The van der Waals surface area contributed by atoms with Crippen LogP contribution in [0.3, 0.4) is 0 Å². The molecule has 0 aliphatic carbocycles.